The monoisotopic (exact) mass is 260 g/mol. The molecule has 2 aliphatic rings. The van der Waals surface area contributed by atoms with Crippen LogP contribution in [-0.4, -0.2) is 31.1 Å². The number of nitrogens with two attached hydrogens (primary N) is 1. The van der Waals surface area contributed by atoms with Crippen LogP contribution in [0.25, 0.3) is 0 Å². The summed E-state index contributed by atoms with van der Waals surface area (Å²) in [4.78, 5) is 2.59. The molecular weight excluding hydrogens is 236 g/mol. The average Bonchev–Trinajstić information content (AvgIpc) is 3.00. The van der Waals surface area contributed by atoms with Gasteiger partial charge < -0.3 is 10.5 Å². The lowest BCUT2D eigenvalue weighted by Gasteiger charge is -2.45. The zero-order valence-corrected chi connectivity index (χ0v) is 11.8. The number of hydrogen-bond acceptors (Lipinski definition) is 3. The highest BCUT2D eigenvalue weighted by Crippen LogP contribution is 2.42. The second-order valence-corrected chi connectivity index (χ2v) is 5.71. The third kappa shape index (κ3) is 2.05. The molecule has 0 aliphatic carbocycles. The molecule has 2 aliphatic heterocycles. The van der Waals surface area contributed by atoms with E-state index in [2.05, 4.69) is 30.0 Å². The van der Waals surface area contributed by atoms with E-state index in [1.807, 2.05) is 0 Å². The summed E-state index contributed by atoms with van der Waals surface area (Å²) in [5, 5.41) is 0. The minimum atomic E-state index is 0.00919. The Balaban J connectivity index is 2.07. The first kappa shape index (κ1) is 12.9. The Bertz CT molecular complexity index is 454. The summed E-state index contributed by atoms with van der Waals surface area (Å²) in [5.74, 6) is 1.04. The van der Waals surface area contributed by atoms with Crippen molar-refractivity contribution in [3.8, 4) is 5.75 Å². The maximum atomic E-state index is 6.23. The van der Waals surface area contributed by atoms with E-state index in [0.29, 0.717) is 6.54 Å². The van der Waals surface area contributed by atoms with E-state index < -0.39 is 0 Å². The minimum Gasteiger partial charge on any atom is -0.493 e. The molecule has 0 spiro atoms. The van der Waals surface area contributed by atoms with Crippen LogP contribution < -0.4 is 10.5 Å². The van der Waals surface area contributed by atoms with Gasteiger partial charge in [0.05, 0.1) is 12.1 Å². The topological polar surface area (TPSA) is 38.5 Å². The summed E-state index contributed by atoms with van der Waals surface area (Å²) in [6.45, 7) is 6.02. The maximum absolute atomic E-state index is 6.23. The summed E-state index contributed by atoms with van der Waals surface area (Å²) in [5.41, 5.74) is 8.93. The fourth-order valence-corrected chi connectivity index (χ4v) is 3.57. The second-order valence-electron chi connectivity index (χ2n) is 5.71. The lowest BCUT2D eigenvalue weighted by atomic mass is 9.82. The number of ether oxygens (including phenoxy) is 1. The van der Waals surface area contributed by atoms with Gasteiger partial charge >= 0.3 is 0 Å². The van der Waals surface area contributed by atoms with Crippen LogP contribution in [-0.2, 0) is 12.0 Å². The van der Waals surface area contributed by atoms with Crippen molar-refractivity contribution in [1.29, 1.82) is 0 Å². The van der Waals surface area contributed by atoms with Gasteiger partial charge in [-0.15, -0.1) is 0 Å². The van der Waals surface area contributed by atoms with E-state index in [1.165, 1.54) is 37.1 Å². The standard InChI is InChI=1S/C16H24N2O/c1-2-13-5-6-15-14(11-13)16(12-17,7-10-19-15)18-8-3-4-9-18/h5-6,11H,2-4,7-10,12,17H2,1H3. The maximum Gasteiger partial charge on any atom is 0.124 e. The molecule has 1 aromatic rings. The van der Waals surface area contributed by atoms with Gasteiger partial charge in [0, 0.05) is 18.5 Å². The zero-order valence-electron chi connectivity index (χ0n) is 11.8. The molecule has 3 rings (SSSR count). The largest absolute Gasteiger partial charge is 0.493 e. The molecule has 3 heteroatoms. The molecule has 1 atom stereocenters. The number of likely N-dealkylation sites (tertiary alicyclic amines) is 1. The third-order valence-corrected chi connectivity index (χ3v) is 4.78. The van der Waals surface area contributed by atoms with Crippen molar-refractivity contribution in [2.24, 2.45) is 5.73 Å². The smallest absolute Gasteiger partial charge is 0.124 e. The fraction of sp³-hybridized carbons (Fsp3) is 0.625. The predicted molar refractivity (Wildman–Crippen MR) is 77.5 cm³/mol. The fourth-order valence-electron chi connectivity index (χ4n) is 3.57. The summed E-state index contributed by atoms with van der Waals surface area (Å²) < 4.78 is 5.86. The van der Waals surface area contributed by atoms with Gasteiger partial charge in [0.1, 0.15) is 5.75 Å². The minimum absolute atomic E-state index is 0.00919. The Labute approximate surface area is 115 Å². The lowest BCUT2D eigenvalue weighted by molar-refractivity contribution is 0.0696. The highest BCUT2D eigenvalue weighted by atomic mass is 16.5. The zero-order chi connectivity index (χ0) is 13.3. The Hall–Kier alpha value is -1.06. The number of aryl methyl sites for hydroxylation is 1. The van der Waals surface area contributed by atoms with Crippen LogP contribution in [0, 0.1) is 0 Å². The van der Waals surface area contributed by atoms with Gasteiger partial charge in [0.15, 0.2) is 0 Å². The number of fused-ring (bicyclic) bond motifs is 1. The average molecular weight is 260 g/mol. The Morgan fingerprint density at radius 2 is 2.11 bits per heavy atom. The van der Waals surface area contributed by atoms with Crippen molar-refractivity contribution in [3.05, 3.63) is 29.3 Å². The highest BCUT2D eigenvalue weighted by molar-refractivity contribution is 5.44. The molecule has 3 nitrogen and oxygen atoms in total. The summed E-state index contributed by atoms with van der Waals surface area (Å²) in [7, 11) is 0. The number of benzene rings is 1. The van der Waals surface area contributed by atoms with Crippen LogP contribution in [0.3, 0.4) is 0 Å². The quantitative estimate of drug-likeness (QED) is 0.906. The van der Waals surface area contributed by atoms with Gasteiger partial charge in [0.2, 0.25) is 0 Å². The molecular formula is C16H24N2O. The van der Waals surface area contributed by atoms with Crippen molar-refractivity contribution < 1.29 is 4.74 Å². The van der Waals surface area contributed by atoms with Crippen LogP contribution >= 0.6 is 0 Å². The van der Waals surface area contributed by atoms with Crippen LogP contribution in [0.2, 0.25) is 0 Å². The van der Waals surface area contributed by atoms with E-state index >= 15 is 0 Å². The molecule has 0 saturated carbocycles. The molecule has 2 N–H and O–H groups in total. The number of hydrogen-bond donors (Lipinski definition) is 1. The summed E-state index contributed by atoms with van der Waals surface area (Å²) in [6.07, 6.45) is 4.68. The van der Waals surface area contributed by atoms with Crippen molar-refractivity contribution in [3.63, 3.8) is 0 Å². The Morgan fingerprint density at radius 3 is 2.79 bits per heavy atom. The van der Waals surface area contributed by atoms with E-state index in [1.54, 1.807) is 0 Å². The van der Waals surface area contributed by atoms with Crippen LogP contribution in [0.15, 0.2) is 18.2 Å². The van der Waals surface area contributed by atoms with Gasteiger partial charge in [-0.05, 0) is 44.0 Å². The van der Waals surface area contributed by atoms with E-state index in [9.17, 15) is 0 Å². The molecule has 1 fully saturated rings. The van der Waals surface area contributed by atoms with Crippen molar-refractivity contribution in [1.82, 2.24) is 4.90 Å². The first-order valence-corrected chi connectivity index (χ1v) is 7.51. The molecule has 1 unspecified atom stereocenters. The molecule has 2 heterocycles. The molecule has 104 valence electrons. The molecule has 0 radical (unpaired) electrons. The van der Waals surface area contributed by atoms with E-state index in [0.717, 1.165) is 25.2 Å². The van der Waals surface area contributed by atoms with Gasteiger partial charge in [-0.2, -0.15) is 0 Å². The second kappa shape index (κ2) is 5.14. The number of nitrogens with zero attached hydrogens (tertiary/aromatic N) is 1. The summed E-state index contributed by atoms with van der Waals surface area (Å²) in [6, 6.07) is 6.63. The van der Waals surface area contributed by atoms with Crippen molar-refractivity contribution in [2.45, 2.75) is 38.1 Å². The van der Waals surface area contributed by atoms with Crippen molar-refractivity contribution >= 4 is 0 Å². The normalized spacial score (nSPS) is 27.1. The van der Waals surface area contributed by atoms with E-state index in [4.69, 9.17) is 10.5 Å². The van der Waals surface area contributed by atoms with Crippen molar-refractivity contribution in [2.75, 3.05) is 26.2 Å². The van der Waals surface area contributed by atoms with Gasteiger partial charge in [-0.1, -0.05) is 19.1 Å². The molecule has 0 bridgehead atoms. The highest BCUT2D eigenvalue weighted by Gasteiger charge is 2.42. The molecule has 19 heavy (non-hydrogen) atoms. The Morgan fingerprint density at radius 1 is 1.32 bits per heavy atom. The SMILES string of the molecule is CCc1ccc2c(c1)C(CN)(N1CCCC1)CCO2. The summed E-state index contributed by atoms with van der Waals surface area (Å²) >= 11 is 0. The Kier molecular flexibility index (Phi) is 3.50. The lowest BCUT2D eigenvalue weighted by Crippen LogP contribution is -2.52. The van der Waals surface area contributed by atoms with Crippen LogP contribution in [0.5, 0.6) is 5.75 Å². The molecule has 1 saturated heterocycles. The van der Waals surface area contributed by atoms with Crippen LogP contribution in [0.4, 0.5) is 0 Å². The van der Waals surface area contributed by atoms with Gasteiger partial charge in [-0.25, -0.2) is 0 Å². The third-order valence-electron chi connectivity index (χ3n) is 4.78. The van der Waals surface area contributed by atoms with Gasteiger partial charge in [0.25, 0.3) is 0 Å². The molecule has 0 amide bonds. The predicted octanol–water partition coefficient (Wildman–Crippen LogP) is 2.28. The van der Waals surface area contributed by atoms with Gasteiger partial charge in [-0.3, -0.25) is 4.90 Å². The number of rotatable bonds is 3. The molecule has 0 aromatic heterocycles. The molecule has 1 aromatic carbocycles. The van der Waals surface area contributed by atoms with Crippen LogP contribution in [0.1, 0.15) is 37.3 Å². The first-order valence-electron chi connectivity index (χ1n) is 7.51. The van der Waals surface area contributed by atoms with E-state index in [-0.39, 0.29) is 5.54 Å². The first-order chi connectivity index (χ1) is 9.30.